The number of rotatable bonds is 8. The Bertz CT molecular complexity index is 1300. The molecule has 7 nitrogen and oxygen atoms in total. The van der Waals surface area contributed by atoms with Crippen molar-refractivity contribution < 1.29 is 24.2 Å². The maximum atomic E-state index is 12.6. The second-order valence-corrected chi connectivity index (χ2v) is 7.78. The van der Waals surface area contributed by atoms with Crippen LogP contribution in [0.5, 0.6) is 11.5 Å². The van der Waals surface area contributed by atoms with E-state index in [0.29, 0.717) is 32.8 Å². The third kappa shape index (κ3) is 6.29. The Morgan fingerprint density at radius 1 is 1.06 bits per heavy atom. The number of nitriles is 1. The van der Waals surface area contributed by atoms with E-state index in [1.54, 1.807) is 36.4 Å². The van der Waals surface area contributed by atoms with Crippen molar-refractivity contribution in [3.05, 3.63) is 93.0 Å². The Hall–Kier alpha value is -3.99. The summed E-state index contributed by atoms with van der Waals surface area (Å²) in [6.07, 6.45) is 1.41. The fourth-order valence-electron chi connectivity index (χ4n) is 2.90. The third-order valence-electron chi connectivity index (χ3n) is 4.65. The molecule has 3 aromatic carbocycles. The number of halogens is 2. The lowest BCUT2D eigenvalue weighted by molar-refractivity contribution is -0.112. The quantitative estimate of drug-likeness (QED) is 0.300. The molecule has 0 unspecified atom stereocenters. The first-order valence-electron chi connectivity index (χ1n) is 9.82. The van der Waals surface area contributed by atoms with E-state index < -0.39 is 11.9 Å². The normalized spacial score (nSPS) is 10.8. The van der Waals surface area contributed by atoms with E-state index in [4.69, 9.17) is 37.8 Å². The van der Waals surface area contributed by atoms with E-state index in [1.165, 1.54) is 37.5 Å². The van der Waals surface area contributed by atoms with Gasteiger partial charge < -0.3 is 19.9 Å². The molecule has 1 amide bonds. The summed E-state index contributed by atoms with van der Waals surface area (Å²) in [6, 6.07) is 17.5. The smallest absolute Gasteiger partial charge is 0.335 e. The SMILES string of the molecule is COc1ccc(/C=C(\C#N)C(=O)Nc2ccc(C(=O)O)cc2)cc1OCc1ccc(Cl)cc1Cl. The van der Waals surface area contributed by atoms with E-state index >= 15 is 0 Å². The van der Waals surface area contributed by atoms with Crippen molar-refractivity contribution in [2.24, 2.45) is 0 Å². The van der Waals surface area contributed by atoms with Crippen LogP contribution >= 0.6 is 23.2 Å². The van der Waals surface area contributed by atoms with Crippen molar-refractivity contribution in [3.8, 4) is 17.6 Å². The number of hydrogen-bond donors (Lipinski definition) is 2. The van der Waals surface area contributed by atoms with Gasteiger partial charge in [0.25, 0.3) is 5.91 Å². The number of carbonyl (C=O) groups excluding carboxylic acids is 1. The Balaban J connectivity index is 1.79. The van der Waals surface area contributed by atoms with Crippen LogP contribution in [0.1, 0.15) is 21.5 Å². The van der Waals surface area contributed by atoms with Crippen LogP contribution in [0.4, 0.5) is 5.69 Å². The molecule has 3 rings (SSSR count). The topological polar surface area (TPSA) is 109 Å². The largest absolute Gasteiger partial charge is 0.493 e. The minimum Gasteiger partial charge on any atom is -0.493 e. The molecule has 172 valence electrons. The van der Waals surface area contributed by atoms with E-state index in [-0.39, 0.29) is 17.7 Å². The molecule has 0 aliphatic carbocycles. The lowest BCUT2D eigenvalue weighted by atomic mass is 10.1. The second-order valence-electron chi connectivity index (χ2n) is 6.94. The summed E-state index contributed by atoms with van der Waals surface area (Å²) in [5.74, 6) is -0.865. The Labute approximate surface area is 205 Å². The highest BCUT2D eigenvalue weighted by Gasteiger charge is 2.13. The predicted molar refractivity (Wildman–Crippen MR) is 129 cm³/mol. The van der Waals surface area contributed by atoms with Gasteiger partial charge in [0.15, 0.2) is 11.5 Å². The Kier molecular flexibility index (Phi) is 8.14. The zero-order valence-corrected chi connectivity index (χ0v) is 19.4. The molecule has 0 aromatic heterocycles. The molecule has 3 aromatic rings. The van der Waals surface area contributed by atoms with Crippen molar-refractivity contribution in [2.75, 3.05) is 12.4 Å². The molecule has 0 bridgehead atoms. The van der Waals surface area contributed by atoms with Gasteiger partial charge in [0.05, 0.1) is 12.7 Å². The molecule has 0 saturated heterocycles. The molecule has 0 radical (unpaired) electrons. The number of ether oxygens (including phenoxy) is 2. The highest BCUT2D eigenvalue weighted by Crippen LogP contribution is 2.31. The van der Waals surface area contributed by atoms with Crippen molar-refractivity contribution in [2.45, 2.75) is 6.61 Å². The molecule has 0 saturated carbocycles. The summed E-state index contributed by atoms with van der Waals surface area (Å²) in [4.78, 5) is 23.5. The average Bonchev–Trinajstić information content (AvgIpc) is 2.82. The second kappa shape index (κ2) is 11.2. The average molecular weight is 497 g/mol. The highest BCUT2D eigenvalue weighted by atomic mass is 35.5. The molecule has 0 atom stereocenters. The van der Waals surface area contributed by atoms with Gasteiger partial charge in [-0.2, -0.15) is 5.26 Å². The first-order valence-corrected chi connectivity index (χ1v) is 10.6. The number of hydrogen-bond acceptors (Lipinski definition) is 5. The van der Waals surface area contributed by atoms with E-state index in [0.717, 1.165) is 5.56 Å². The number of nitrogens with zero attached hydrogens (tertiary/aromatic N) is 1. The number of methoxy groups -OCH3 is 1. The Morgan fingerprint density at radius 3 is 2.41 bits per heavy atom. The number of benzene rings is 3. The molecule has 9 heteroatoms. The van der Waals surface area contributed by atoms with Gasteiger partial charge in [-0.1, -0.05) is 35.3 Å². The van der Waals surface area contributed by atoms with Crippen LogP contribution in [-0.2, 0) is 11.4 Å². The number of carboxylic acids is 1. The van der Waals surface area contributed by atoms with Gasteiger partial charge in [-0.3, -0.25) is 4.79 Å². The van der Waals surface area contributed by atoms with E-state index in [2.05, 4.69) is 5.32 Å². The van der Waals surface area contributed by atoms with Crippen LogP contribution in [0, 0.1) is 11.3 Å². The molecule has 0 aliphatic rings. The standard InChI is InChI=1S/C25H18Cl2N2O5/c1-33-22-9-2-15(11-23(22)34-14-17-3-6-19(26)12-21(17)27)10-18(13-28)24(30)29-20-7-4-16(5-8-20)25(31)32/h2-12H,14H2,1H3,(H,29,30)(H,31,32)/b18-10+. The van der Waals surface area contributed by atoms with Gasteiger partial charge in [-0.25, -0.2) is 4.79 Å². The number of carboxylic acid groups (broad SMARTS) is 1. The molecule has 0 spiro atoms. The van der Waals surface area contributed by atoms with Gasteiger partial charge >= 0.3 is 5.97 Å². The van der Waals surface area contributed by atoms with Crippen LogP contribution in [0.2, 0.25) is 10.0 Å². The molecule has 0 fully saturated rings. The lowest BCUT2D eigenvalue weighted by Gasteiger charge is -2.12. The summed E-state index contributed by atoms with van der Waals surface area (Å²) in [6.45, 7) is 0.150. The maximum Gasteiger partial charge on any atom is 0.335 e. The van der Waals surface area contributed by atoms with E-state index in [1.807, 2.05) is 6.07 Å². The zero-order valence-electron chi connectivity index (χ0n) is 17.8. The summed E-state index contributed by atoms with van der Waals surface area (Å²) >= 11 is 12.1. The summed E-state index contributed by atoms with van der Waals surface area (Å²) in [7, 11) is 1.50. The summed E-state index contributed by atoms with van der Waals surface area (Å²) < 4.78 is 11.2. The summed E-state index contributed by atoms with van der Waals surface area (Å²) in [5.41, 5.74) is 1.54. The molecule has 0 heterocycles. The van der Waals surface area contributed by atoms with Crippen molar-refractivity contribution in [1.29, 1.82) is 5.26 Å². The molecule has 0 aliphatic heterocycles. The predicted octanol–water partition coefficient (Wildman–Crippen LogP) is 5.82. The van der Waals surface area contributed by atoms with Crippen LogP contribution in [0.15, 0.2) is 66.2 Å². The highest BCUT2D eigenvalue weighted by molar-refractivity contribution is 6.35. The minimum atomic E-state index is -1.08. The fraction of sp³-hybridized carbons (Fsp3) is 0.0800. The Morgan fingerprint density at radius 2 is 1.79 bits per heavy atom. The first kappa shape index (κ1) is 24.6. The van der Waals surface area contributed by atoms with Gasteiger partial charge in [0.2, 0.25) is 0 Å². The van der Waals surface area contributed by atoms with Gasteiger partial charge in [-0.05, 0) is 60.2 Å². The van der Waals surface area contributed by atoms with Crippen molar-refractivity contribution in [3.63, 3.8) is 0 Å². The summed E-state index contributed by atoms with van der Waals surface area (Å²) in [5, 5.41) is 22.0. The van der Waals surface area contributed by atoms with Crippen molar-refractivity contribution >= 4 is 46.8 Å². The number of nitrogens with one attached hydrogen (secondary N) is 1. The monoisotopic (exact) mass is 496 g/mol. The van der Waals surface area contributed by atoms with Crippen molar-refractivity contribution in [1.82, 2.24) is 0 Å². The van der Waals surface area contributed by atoms with E-state index in [9.17, 15) is 14.9 Å². The zero-order chi connectivity index (χ0) is 24.7. The van der Waals surface area contributed by atoms with Gasteiger partial charge in [0.1, 0.15) is 18.2 Å². The maximum absolute atomic E-state index is 12.6. The number of amides is 1. The van der Waals surface area contributed by atoms with Crippen LogP contribution in [0.25, 0.3) is 6.08 Å². The third-order valence-corrected chi connectivity index (χ3v) is 5.24. The molecular weight excluding hydrogens is 479 g/mol. The number of carbonyl (C=O) groups is 2. The van der Waals surface area contributed by atoms with Crippen LogP contribution in [0.3, 0.4) is 0 Å². The first-order chi connectivity index (χ1) is 16.3. The molecule has 2 N–H and O–H groups in total. The fourth-order valence-corrected chi connectivity index (χ4v) is 3.36. The number of aromatic carboxylic acids is 1. The number of anilines is 1. The van der Waals surface area contributed by atoms with Gasteiger partial charge in [0, 0.05) is 21.3 Å². The molecule has 34 heavy (non-hydrogen) atoms. The van der Waals surface area contributed by atoms with Crippen LogP contribution < -0.4 is 14.8 Å². The van der Waals surface area contributed by atoms with Gasteiger partial charge in [-0.15, -0.1) is 0 Å². The van der Waals surface area contributed by atoms with Crippen LogP contribution in [-0.4, -0.2) is 24.1 Å². The lowest BCUT2D eigenvalue weighted by Crippen LogP contribution is -2.13. The molecular formula is C25H18Cl2N2O5. The minimum absolute atomic E-state index is 0.0831.